The van der Waals surface area contributed by atoms with Crippen molar-refractivity contribution in [2.45, 2.75) is 31.9 Å². The lowest BCUT2D eigenvalue weighted by molar-refractivity contribution is 0.114. The van der Waals surface area contributed by atoms with Crippen molar-refractivity contribution < 1.29 is 14.2 Å². The molecular weight excluding hydrogens is 479 g/mol. The fraction of sp³-hybridized carbons (Fsp3) is 0.333. The Morgan fingerprint density at radius 2 is 2.14 bits per heavy atom. The van der Waals surface area contributed by atoms with Crippen LogP contribution in [-0.4, -0.2) is 69.5 Å². The summed E-state index contributed by atoms with van der Waals surface area (Å²) in [6, 6.07) is 4.74. The van der Waals surface area contributed by atoms with Gasteiger partial charge in [0.15, 0.2) is 17.9 Å². The van der Waals surface area contributed by atoms with Crippen molar-refractivity contribution in [2.75, 3.05) is 19.7 Å². The first kappa shape index (κ1) is 22.9. The number of aliphatic hydroxyl groups excluding tert-OH is 1. The number of pyridine rings is 2. The maximum Gasteiger partial charge on any atom is 0.179 e. The van der Waals surface area contributed by atoms with Crippen LogP contribution in [0.15, 0.2) is 36.8 Å². The molecule has 188 valence electrons. The van der Waals surface area contributed by atoms with Crippen molar-refractivity contribution in [1.82, 2.24) is 44.7 Å². The summed E-state index contributed by atoms with van der Waals surface area (Å²) in [5.74, 6) is -0.0413. The Morgan fingerprint density at radius 1 is 1.30 bits per heavy atom. The van der Waals surface area contributed by atoms with Crippen LogP contribution in [0.25, 0.3) is 27.8 Å². The van der Waals surface area contributed by atoms with Gasteiger partial charge in [0, 0.05) is 24.8 Å². The second kappa shape index (κ2) is 9.14. The molecule has 0 amide bonds. The molecular formula is C24H23FN10O2. The third-order valence-electron chi connectivity index (χ3n) is 6.76. The molecule has 1 atom stereocenters. The van der Waals surface area contributed by atoms with E-state index in [0.29, 0.717) is 41.4 Å². The average Bonchev–Trinajstić information content (AvgIpc) is 3.62. The minimum Gasteiger partial charge on any atom is -0.479 e. The van der Waals surface area contributed by atoms with Crippen molar-refractivity contribution in [1.29, 1.82) is 5.26 Å². The smallest absolute Gasteiger partial charge is 0.179 e. The van der Waals surface area contributed by atoms with E-state index in [-0.39, 0.29) is 12.6 Å². The van der Waals surface area contributed by atoms with Gasteiger partial charge in [-0.25, -0.2) is 13.6 Å². The van der Waals surface area contributed by atoms with Gasteiger partial charge in [0.2, 0.25) is 0 Å². The molecule has 6 rings (SSSR count). The number of halogens is 1. The third kappa shape index (κ3) is 4.01. The first-order valence-corrected chi connectivity index (χ1v) is 11.9. The topological polar surface area (TPSA) is 146 Å². The number of aromatic nitrogens is 8. The van der Waals surface area contributed by atoms with Crippen LogP contribution in [0.3, 0.4) is 0 Å². The fourth-order valence-corrected chi connectivity index (χ4v) is 4.83. The number of nitrogens with zero attached hydrogens (tertiary/aromatic N) is 9. The van der Waals surface area contributed by atoms with Gasteiger partial charge in [-0.3, -0.25) is 10.1 Å². The van der Waals surface area contributed by atoms with E-state index in [9.17, 15) is 9.50 Å². The summed E-state index contributed by atoms with van der Waals surface area (Å²) in [5.41, 5.74) is 3.91. The number of nitriles is 1. The molecule has 0 bridgehead atoms. The number of hydrogen-bond acceptors (Lipinski definition) is 9. The number of likely N-dealkylation sites (tertiary alicyclic amines) is 1. The number of H-pyrrole nitrogens is 1. The minimum atomic E-state index is -0.835. The predicted octanol–water partition coefficient (Wildman–Crippen LogP) is 2.54. The molecule has 12 nitrogen and oxygen atoms in total. The molecule has 0 radical (unpaired) electrons. The molecule has 1 aliphatic heterocycles. The monoisotopic (exact) mass is 502 g/mol. The van der Waals surface area contributed by atoms with E-state index in [1.54, 1.807) is 15.6 Å². The molecule has 5 aromatic heterocycles. The normalized spacial score (nSPS) is 15.4. The largest absolute Gasteiger partial charge is 0.479 e. The van der Waals surface area contributed by atoms with Gasteiger partial charge in [0.05, 0.1) is 41.8 Å². The molecule has 0 unspecified atom stereocenters. The predicted molar refractivity (Wildman–Crippen MR) is 129 cm³/mol. The summed E-state index contributed by atoms with van der Waals surface area (Å²) >= 11 is 0. The Balaban J connectivity index is 1.41. The van der Waals surface area contributed by atoms with Gasteiger partial charge in [-0.15, -0.1) is 10.2 Å². The van der Waals surface area contributed by atoms with E-state index in [0.717, 1.165) is 35.7 Å². The summed E-state index contributed by atoms with van der Waals surface area (Å²) in [6.45, 7) is 2.97. The van der Waals surface area contributed by atoms with Crippen LogP contribution in [0.5, 0.6) is 5.75 Å². The molecule has 1 saturated heterocycles. The average molecular weight is 503 g/mol. The Kier molecular flexibility index (Phi) is 5.65. The lowest BCUT2D eigenvalue weighted by Crippen LogP contribution is -2.31. The van der Waals surface area contributed by atoms with Crippen LogP contribution < -0.4 is 4.74 Å². The molecule has 0 aromatic carbocycles. The molecule has 0 spiro atoms. The van der Waals surface area contributed by atoms with Gasteiger partial charge < -0.3 is 14.7 Å². The SMILES string of the molecule is Cc1c(-c2cc(O[C@H](CO)c3ccc(F)cn3)c3c4cn[nH]c4nn3c2)nnn1C1CCN(C#N)CC1. The van der Waals surface area contributed by atoms with Crippen LogP contribution in [0, 0.1) is 24.2 Å². The minimum absolute atomic E-state index is 0.155. The van der Waals surface area contributed by atoms with Crippen LogP contribution >= 0.6 is 0 Å². The molecule has 0 aliphatic carbocycles. The highest BCUT2D eigenvalue weighted by molar-refractivity contribution is 5.96. The maximum absolute atomic E-state index is 13.4. The van der Waals surface area contributed by atoms with Gasteiger partial charge in [0.1, 0.15) is 22.8 Å². The van der Waals surface area contributed by atoms with Gasteiger partial charge in [-0.05, 0) is 38.0 Å². The zero-order valence-electron chi connectivity index (χ0n) is 19.9. The summed E-state index contributed by atoms with van der Waals surface area (Å²) in [5, 5.41) is 40.4. The number of ether oxygens (including phenoxy) is 1. The molecule has 13 heteroatoms. The lowest BCUT2D eigenvalue weighted by atomic mass is 10.0. The Hall–Kier alpha value is -4.57. The first-order chi connectivity index (χ1) is 18.1. The van der Waals surface area contributed by atoms with E-state index in [4.69, 9.17) is 10.00 Å². The van der Waals surface area contributed by atoms with E-state index in [1.807, 2.05) is 23.9 Å². The quantitative estimate of drug-likeness (QED) is 0.334. The van der Waals surface area contributed by atoms with E-state index >= 15 is 0 Å². The number of aromatic amines is 1. The standard InChI is InChI=1S/C24H23FN10O2/c1-14-22(29-32-35(14)17-4-6-33(13-26)7-5-17)15-8-20(23-18-10-28-30-24(18)31-34(23)11-15)37-21(12-36)19-3-2-16(25)9-27-19/h2-3,8-11,17,21,36H,4-7,12H2,1H3,(H,30,31)/t21-/m1/s1. The van der Waals surface area contributed by atoms with Crippen molar-refractivity contribution in [3.8, 4) is 23.2 Å². The molecule has 0 saturated carbocycles. The summed E-state index contributed by atoms with van der Waals surface area (Å²) < 4.78 is 23.3. The fourth-order valence-electron chi connectivity index (χ4n) is 4.83. The van der Waals surface area contributed by atoms with Crippen LogP contribution in [-0.2, 0) is 0 Å². The Bertz CT molecular complexity index is 1610. The number of aliphatic hydroxyl groups is 1. The van der Waals surface area contributed by atoms with Crippen molar-refractivity contribution in [2.24, 2.45) is 0 Å². The van der Waals surface area contributed by atoms with Crippen LogP contribution in [0.4, 0.5) is 4.39 Å². The maximum atomic E-state index is 13.4. The molecule has 1 aliphatic rings. The zero-order valence-corrected chi connectivity index (χ0v) is 19.9. The molecule has 5 aromatic rings. The molecule has 2 N–H and O–H groups in total. The van der Waals surface area contributed by atoms with Gasteiger partial charge in [0.25, 0.3) is 0 Å². The Morgan fingerprint density at radius 3 is 2.86 bits per heavy atom. The van der Waals surface area contributed by atoms with E-state index in [1.165, 1.54) is 12.1 Å². The number of piperidine rings is 1. The highest BCUT2D eigenvalue weighted by atomic mass is 19.1. The summed E-state index contributed by atoms with van der Waals surface area (Å²) in [7, 11) is 0. The molecule has 6 heterocycles. The molecule has 1 fully saturated rings. The van der Waals surface area contributed by atoms with Crippen molar-refractivity contribution >= 4 is 16.6 Å². The highest BCUT2D eigenvalue weighted by Gasteiger charge is 2.25. The summed E-state index contributed by atoms with van der Waals surface area (Å²) in [6.07, 6.45) is 7.58. The van der Waals surface area contributed by atoms with Crippen LogP contribution in [0.2, 0.25) is 0 Å². The van der Waals surface area contributed by atoms with Gasteiger partial charge in [-0.2, -0.15) is 10.4 Å². The second-order valence-electron chi connectivity index (χ2n) is 9.00. The number of rotatable bonds is 6. The van der Waals surface area contributed by atoms with Gasteiger partial charge >= 0.3 is 0 Å². The lowest BCUT2D eigenvalue weighted by Gasteiger charge is -2.28. The molecule has 37 heavy (non-hydrogen) atoms. The number of fused-ring (bicyclic) bond motifs is 3. The van der Waals surface area contributed by atoms with Crippen LogP contribution in [0.1, 0.15) is 36.4 Å². The Labute approximate surface area is 209 Å². The van der Waals surface area contributed by atoms with Gasteiger partial charge in [-0.1, -0.05) is 5.21 Å². The summed E-state index contributed by atoms with van der Waals surface area (Å²) in [4.78, 5) is 5.83. The third-order valence-corrected chi connectivity index (χ3v) is 6.76. The van der Waals surface area contributed by atoms with Crippen molar-refractivity contribution in [3.05, 3.63) is 54.0 Å². The highest BCUT2D eigenvalue weighted by Crippen LogP contribution is 2.35. The zero-order chi connectivity index (χ0) is 25.5. The van der Waals surface area contributed by atoms with Crippen molar-refractivity contribution in [3.63, 3.8) is 0 Å². The first-order valence-electron chi connectivity index (χ1n) is 11.9. The van der Waals surface area contributed by atoms with E-state index < -0.39 is 11.9 Å². The van der Waals surface area contributed by atoms with E-state index in [2.05, 4.69) is 36.8 Å². The second-order valence-corrected chi connectivity index (χ2v) is 9.00. The number of nitrogens with one attached hydrogen (secondary N) is 1. The number of hydrogen-bond donors (Lipinski definition) is 2.